The molecule has 1 aromatic rings. The van der Waals surface area contributed by atoms with E-state index in [2.05, 4.69) is 23.7 Å². The van der Waals surface area contributed by atoms with Gasteiger partial charge in [0, 0.05) is 18.3 Å². The number of aromatic nitrogens is 2. The first-order valence-electron chi connectivity index (χ1n) is 6.95. The van der Waals surface area contributed by atoms with Gasteiger partial charge in [-0.3, -0.25) is 0 Å². The molecule has 1 fully saturated rings. The van der Waals surface area contributed by atoms with Crippen LogP contribution in [0.2, 0.25) is 0 Å². The van der Waals surface area contributed by atoms with Gasteiger partial charge in [0.05, 0.1) is 10.6 Å². The first kappa shape index (κ1) is 12.3. The zero-order valence-corrected chi connectivity index (χ0v) is 12.3. The Morgan fingerprint density at radius 1 is 1.28 bits per heavy atom. The van der Waals surface area contributed by atoms with E-state index in [1.165, 1.54) is 48.0 Å². The number of aryl methyl sites for hydroxylation is 1. The molecule has 3 nitrogen and oxygen atoms in total. The SMILES string of the molecule is Cc1nc(C(C)C)c2c(n1)N1CCCCC1CS2. The average Bonchev–Trinajstić information content (AvgIpc) is 2.37. The van der Waals surface area contributed by atoms with E-state index in [-0.39, 0.29) is 0 Å². The minimum absolute atomic E-state index is 0.481. The van der Waals surface area contributed by atoms with Crippen molar-refractivity contribution in [2.24, 2.45) is 0 Å². The largest absolute Gasteiger partial charge is 0.352 e. The molecule has 4 heteroatoms. The van der Waals surface area contributed by atoms with E-state index in [0.29, 0.717) is 12.0 Å². The number of hydrogen-bond acceptors (Lipinski definition) is 4. The van der Waals surface area contributed by atoms with Crippen LogP contribution in [0.15, 0.2) is 4.90 Å². The first-order valence-corrected chi connectivity index (χ1v) is 7.93. The van der Waals surface area contributed by atoms with E-state index in [1.54, 1.807) is 0 Å². The van der Waals surface area contributed by atoms with Crippen LogP contribution in [-0.2, 0) is 0 Å². The van der Waals surface area contributed by atoms with Crippen molar-refractivity contribution in [3.63, 3.8) is 0 Å². The molecular weight excluding hydrogens is 242 g/mol. The van der Waals surface area contributed by atoms with E-state index in [9.17, 15) is 0 Å². The standard InChI is InChI=1S/C14H21N3S/c1-9(2)12-13-14(16-10(3)15-12)17-7-5-4-6-11(17)8-18-13/h9,11H,4-8H2,1-3H3. The van der Waals surface area contributed by atoms with Crippen LogP contribution >= 0.6 is 11.8 Å². The maximum absolute atomic E-state index is 4.74. The normalized spacial score (nSPS) is 22.9. The predicted molar refractivity (Wildman–Crippen MR) is 76.6 cm³/mol. The lowest BCUT2D eigenvalue weighted by Crippen LogP contribution is -2.44. The van der Waals surface area contributed by atoms with Crippen molar-refractivity contribution in [2.75, 3.05) is 17.2 Å². The van der Waals surface area contributed by atoms with E-state index in [4.69, 9.17) is 4.98 Å². The molecule has 3 rings (SSSR count). The molecule has 0 radical (unpaired) electrons. The Kier molecular flexibility index (Phi) is 3.22. The molecule has 0 aliphatic carbocycles. The molecule has 2 aliphatic rings. The van der Waals surface area contributed by atoms with Crippen molar-refractivity contribution in [3.8, 4) is 0 Å². The molecule has 0 N–H and O–H groups in total. The highest BCUT2D eigenvalue weighted by Crippen LogP contribution is 2.42. The van der Waals surface area contributed by atoms with Gasteiger partial charge in [-0.25, -0.2) is 9.97 Å². The third-order valence-electron chi connectivity index (χ3n) is 3.85. The lowest BCUT2D eigenvalue weighted by molar-refractivity contribution is 0.477. The quantitative estimate of drug-likeness (QED) is 0.777. The fourth-order valence-electron chi connectivity index (χ4n) is 2.93. The van der Waals surface area contributed by atoms with Gasteiger partial charge in [-0.15, -0.1) is 11.8 Å². The molecule has 1 atom stereocenters. The van der Waals surface area contributed by atoms with Crippen LogP contribution in [0.25, 0.3) is 0 Å². The van der Waals surface area contributed by atoms with Crippen molar-refractivity contribution in [2.45, 2.75) is 56.9 Å². The highest BCUT2D eigenvalue weighted by molar-refractivity contribution is 7.99. The van der Waals surface area contributed by atoms with Gasteiger partial charge in [0.25, 0.3) is 0 Å². The zero-order valence-electron chi connectivity index (χ0n) is 11.4. The first-order chi connectivity index (χ1) is 8.66. The molecule has 1 saturated heterocycles. The highest BCUT2D eigenvalue weighted by Gasteiger charge is 2.32. The topological polar surface area (TPSA) is 29.0 Å². The third kappa shape index (κ3) is 2.00. The lowest BCUT2D eigenvalue weighted by atomic mass is 10.0. The van der Waals surface area contributed by atoms with Crippen molar-refractivity contribution in [1.29, 1.82) is 0 Å². The molecular formula is C14H21N3S. The molecule has 0 aromatic carbocycles. The summed E-state index contributed by atoms with van der Waals surface area (Å²) in [6.07, 6.45) is 4.01. The zero-order chi connectivity index (χ0) is 12.7. The molecule has 0 spiro atoms. The van der Waals surface area contributed by atoms with Gasteiger partial charge in [0.1, 0.15) is 11.6 Å². The summed E-state index contributed by atoms with van der Waals surface area (Å²) in [6, 6.07) is 0.700. The van der Waals surface area contributed by atoms with Crippen molar-refractivity contribution in [1.82, 2.24) is 9.97 Å². The molecule has 0 bridgehead atoms. The smallest absolute Gasteiger partial charge is 0.146 e. The molecule has 1 aromatic heterocycles. The minimum Gasteiger partial charge on any atom is -0.352 e. The summed E-state index contributed by atoms with van der Waals surface area (Å²) in [6.45, 7) is 7.65. The van der Waals surface area contributed by atoms with Gasteiger partial charge < -0.3 is 4.90 Å². The van der Waals surface area contributed by atoms with Crippen LogP contribution in [-0.4, -0.2) is 28.3 Å². The predicted octanol–water partition coefficient (Wildman–Crippen LogP) is 3.37. The molecule has 0 amide bonds. The molecule has 3 heterocycles. The summed E-state index contributed by atoms with van der Waals surface area (Å²) in [5, 5.41) is 0. The fraction of sp³-hybridized carbons (Fsp3) is 0.714. The number of anilines is 1. The van der Waals surface area contributed by atoms with Gasteiger partial charge in [0.15, 0.2) is 0 Å². The van der Waals surface area contributed by atoms with Crippen LogP contribution in [0, 0.1) is 6.92 Å². The summed E-state index contributed by atoms with van der Waals surface area (Å²) in [4.78, 5) is 13.3. The lowest BCUT2D eigenvalue weighted by Gasteiger charge is -2.41. The Balaban J connectivity index is 2.08. The minimum atomic E-state index is 0.481. The Labute approximate surface area is 113 Å². The number of fused-ring (bicyclic) bond motifs is 3. The fourth-order valence-corrected chi connectivity index (χ4v) is 4.35. The van der Waals surface area contributed by atoms with E-state index >= 15 is 0 Å². The summed E-state index contributed by atoms with van der Waals surface area (Å²) in [5.74, 6) is 3.82. The van der Waals surface area contributed by atoms with Crippen molar-refractivity contribution < 1.29 is 0 Å². The molecule has 98 valence electrons. The number of nitrogens with zero attached hydrogens (tertiary/aromatic N) is 3. The van der Waals surface area contributed by atoms with Gasteiger partial charge >= 0.3 is 0 Å². The number of rotatable bonds is 1. The number of thioether (sulfide) groups is 1. The Morgan fingerprint density at radius 2 is 2.11 bits per heavy atom. The molecule has 2 aliphatic heterocycles. The van der Waals surface area contributed by atoms with Gasteiger partial charge in [-0.05, 0) is 32.1 Å². The molecule has 1 unspecified atom stereocenters. The second-order valence-corrected chi connectivity index (χ2v) is 6.65. The van der Waals surface area contributed by atoms with Crippen LogP contribution in [0.4, 0.5) is 5.82 Å². The Morgan fingerprint density at radius 3 is 2.89 bits per heavy atom. The maximum atomic E-state index is 4.74. The highest BCUT2D eigenvalue weighted by atomic mass is 32.2. The third-order valence-corrected chi connectivity index (χ3v) is 5.08. The Hall–Kier alpha value is -0.770. The summed E-state index contributed by atoms with van der Waals surface area (Å²) < 4.78 is 0. The Bertz CT molecular complexity index is 459. The number of hydrogen-bond donors (Lipinski definition) is 0. The second kappa shape index (κ2) is 4.72. The summed E-state index contributed by atoms with van der Waals surface area (Å²) in [7, 11) is 0. The van der Waals surface area contributed by atoms with Crippen LogP contribution in [0.1, 0.15) is 50.5 Å². The molecule has 0 saturated carbocycles. The number of piperidine rings is 1. The van der Waals surface area contributed by atoms with Crippen molar-refractivity contribution >= 4 is 17.6 Å². The monoisotopic (exact) mass is 263 g/mol. The van der Waals surface area contributed by atoms with Gasteiger partial charge in [-0.2, -0.15) is 0 Å². The van der Waals surface area contributed by atoms with Crippen LogP contribution < -0.4 is 4.90 Å². The van der Waals surface area contributed by atoms with Crippen LogP contribution in [0.3, 0.4) is 0 Å². The summed E-state index contributed by atoms with van der Waals surface area (Å²) in [5.41, 5.74) is 1.24. The second-order valence-electron chi connectivity index (χ2n) is 5.62. The summed E-state index contributed by atoms with van der Waals surface area (Å²) >= 11 is 1.97. The van der Waals surface area contributed by atoms with E-state index in [1.807, 2.05) is 18.7 Å². The van der Waals surface area contributed by atoms with Gasteiger partial charge in [-0.1, -0.05) is 13.8 Å². The van der Waals surface area contributed by atoms with Gasteiger partial charge in [0.2, 0.25) is 0 Å². The van der Waals surface area contributed by atoms with Crippen molar-refractivity contribution in [3.05, 3.63) is 11.5 Å². The maximum Gasteiger partial charge on any atom is 0.146 e. The van der Waals surface area contributed by atoms with Crippen LogP contribution in [0.5, 0.6) is 0 Å². The van der Waals surface area contributed by atoms with E-state index in [0.717, 1.165) is 5.82 Å². The molecule has 18 heavy (non-hydrogen) atoms. The average molecular weight is 263 g/mol. The van der Waals surface area contributed by atoms with E-state index < -0.39 is 0 Å².